The molecule has 0 spiro atoms. The second kappa shape index (κ2) is 6.72. The number of hydrogen-bond donors (Lipinski definition) is 1. The van der Waals surface area contributed by atoms with Gasteiger partial charge in [-0.05, 0) is 24.3 Å². The molecule has 0 saturated heterocycles. The van der Waals surface area contributed by atoms with Gasteiger partial charge in [-0.25, -0.2) is 14.2 Å². The molecule has 0 fully saturated rings. The molecule has 7 nitrogen and oxygen atoms in total. The van der Waals surface area contributed by atoms with E-state index in [0.29, 0.717) is 11.3 Å². The number of carbonyl (C=O) groups excluding carboxylic acids is 2. The van der Waals surface area contributed by atoms with E-state index in [2.05, 4.69) is 10.3 Å². The number of esters is 1. The van der Waals surface area contributed by atoms with E-state index >= 15 is 0 Å². The summed E-state index contributed by atoms with van der Waals surface area (Å²) in [4.78, 5) is 28.4. The Morgan fingerprint density at radius 3 is 2.62 bits per heavy atom. The van der Waals surface area contributed by atoms with Crippen LogP contribution in [0.3, 0.4) is 0 Å². The van der Waals surface area contributed by atoms with Gasteiger partial charge in [-0.3, -0.25) is 4.79 Å². The lowest BCUT2D eigenvalue weighted by molar-refractivity contribution is -0.180. The number of benzene rings is 1. The minimum atomic E-state index is -0.961. The van der Waals surface area contributed by atoms with Crippen molar-refractivity contribution in [2.24, 2.45) is 0 Å². The highest BCUT2D eigenvalue weighted by Gasteiger charge is 2.34. The van der Waals surface area contributed by atoms with Gasteiger partial charge in [0.15, 0.2) is 11.4 Å². The molecule has 1 aliphatic heterocycles. The molecule has 8 heteroatoms. The maximum Gasteiger partial charge on any atom is 0.360 e. The second-order valence-corrected chi connectivity index (χ2v) is 6.07. The van der Waals surface area contributed by atoms with Crippen LogP contribution in [0.25, 0.3) is 0 Å². The maximum atomic E-state index is 13.0. The number of aromatic nitrogens is 1. The third kappa shape index (κ3) is 3.50. The first-order valence-corrected chi connectivity index (χ1v) is 7.81. The molecule has 0 unspecified atom stereocenters. The van der Waals surface area contributed by atoms with Crippen molar-refractivity contribution in [2.75, 3.05) is 12.4 Å². The molecule has 0 atom stereocenters. The number of fused-ring (bicyclic) bond motifs is 1. The Balaban J connectivity index is 1.97. The van der Waals surface area contributed by atoms with Crippen molar-refractivity contribution in [3.8, 4) is 5.75 Å². The summed E-state index contributed by atoms with van der Waals surface area (Å²) in [6.07, 6.45) is 1.33. The first-order valence-electron chi connectivity index (χ1n) is 7.81. The van der Waals surface area contributed by atoms with Crippen molar-refractivity contribution in [2.45, 2.75) is 26.2 Å². The lowest BCUT2D eigenvalue weighted by Gasteiger charge is -2.33. The predicted molar refractivity (Wildman–Crippen MR) is 89.4 cm³/mol. The number of pyridine rings is 1. The first-order chi connectivity index (χ1) is 12.3. The Hall–Kier alpha value is -3.00. The third-order valence-electron chi connectivity index (χ3n) is 3.78. The Bertz CT molecular complexity index is 865. The summed E-state index contributed by atoms with van der Waals surface area (Å²) in [5.74, 6) is -2.31. The van der Waals surface area contributed by atoms with Crippen molar-refractivity contribution in [3.05, 3.63) is 53.1 Å². The van der Waals surface area contributed by atoms with Crippen molar-refractivity contribution in [1.82, 2.24) is 4.98 Å². The zero-order valence-electron chi connectivity index (χ0n) is 14.5. The van der Waals surface area contributed by atoms with Gasteiger partial charge < -0.3 is 19.5 Å². The Kier molecular flexibility index (Phi) is 4.60. The summed E-state index contributed by atoms with van der Waals surface area (Å²) in [6, 6.07) is 5.11. The topological polar surface area (TPSA) is 86.8 Å². The SMILES string of the molecule is COC(=O)c1ncc(NC(=O)c2ccc(F)cc2)c2c1OC(C)(C)OC2. The lowest BCUT2D eigenvalue weighted by atomic mass is 10.1. The number of ether oxygens (including phenoxy) is 3. The summed E-state index contributed by atoms with van der Waals surface area (Å²) >= 11 is 0. The Labute approximate surface area is 149 Å². The summed E-state index contributed by atoms with van der Waals surface area (Å²) < 4.78 is 29.1. The monoisotopic (exact) mass is 360 g/mol. The number of amides is 1. The highest BCUT2D eigenvalue weighted by Crippen LogP contribution is 2.38. The maximum absolute atomic E-state index is 13.0. The molecular formula is C18H17FN2O5. The quantitative estimate of drug-likeness (QED) is 0.847. The van der Waals surface area contributed by atoms with Gasteiger partial charge in [-0.15, -0.1) is 0 Å². The van der Waals surface area contributed by atoms with Crippen molar-refractivity contribution in [3.63, 3.8) is 0 Å². The molecule has 1 aromatic carbocycles. The summed E-state index contributed by atoms with van der Waals surface area (Å²) in [7, 11) is 1.24. The molecule has 2 heterocycles. The van der Waals surface area contributed by atoms with E-state index in [1.54, 1.807) is 13.8 Å². The average molecular weight is 360 g/mol. The van der Waals surface area contributed by atoms with Gasteiger partial charge in [0.2, 0.25) is 5.79 Å². The molecule has 3 rings (SSSR count). The van der Waals surface area contributed by atoms with Gasteiger partial charge in [0, 0.05) is 25.0 Å². The van der Waals surface area contributed by atoms with Crippen LogP contribution < -0.4 is 10.1 Å². The Morgan fingerprint density at radius 1 is 1.27 bits per heavy atom. The number of carbonyl (C=O) groups is 2. The smallest absolute Gasteiger partial charge is 0.360 e. The zero-order valence-corrected chi connectivity index (χ0v) is 14.5. The van der Waals surface area contributed by atoms with E-state index in [1.165, 1.54) is 37.6 Å². The fourth-order valence-electron chi connectivity index (χ4n) is 2.45. The molecule has 136 valence electrons. The van der Waals surface area contributed by atoms with Crippen LogP contribution in [0, 0.1) is 5.82 Å². The Morgan fingerprint density at radius 2 is 1.96 bits per heavy atom. The van der Waals surface area contributed by atoms with Gasteiger partial charge in [-0.1, -0.05) is 0 Å². The van der Waals surface area contributed by atoms with Crippen molar-refractivity contribution < 1.29 is 28.2 Å². The van der Waals surface area contributed by atoms with E-state index in [-0.39, 0.29) is 23.6 Å². The zero-order chi connectivity index (χ0) is 18.9. The van der Waals surface area contributed by atoms with Gasteiger partial charge in [-0.2, -0.15) is 0 Å². The highest BCUT2D eigenvalue weighted by atomic mass is 19.1. The number of nitrogens with zero attached hydrogens (tertiary/aromatic N) is 1. The third-order valence-corrected chi connectivity index (χ3v) is 3.78. The number of nitrogens with one attached hydrogen (secondary N) is 1. The summed E-state index contributed by atoms with van der Waals surface area (Å²) in [5, 5.41) is 2.68. The van der Waals surface area contributed by atoms with E-state index in [9.17, 15) is 14.0 Å². The number of methoxy groups -OCH3 is 1. The minimum absolute atomic E-state index is 0.00124. The normalized spacial score (nSPS) is 14.8. The molecule has 26 heavy (non-hydrogen) atoms. The molecule has 0 aliphatic carbocycles. The van der Waals surface area contributed by atoms with E-state index in [1.807, 2.05) is 0 Å². The first kappa shape index (κ1) is 17.8. The number of rotatable bonds is 3. The molecule has 1 amide bonds. The number of halogens is 1. The molecule has 1 N–H and O–H groups in total. The van der Waals surface area contributed by atoms with Crippen LogP contribution in [-0.2, 0) is 16.1 Å². The molecule has 1 aliphatic rings. The molecule has 0 saturated carbocycles. The number of hydrogen-bond acceptors (Lipinski definition) is 6. The van der Waals surface area contributed by atoms with Crippen LogP contribution in [0.1, 0.15) is 40.3 Å². The average Bonchev–Trinajstić information content (AvgIpc) is 2.60. The van der Waals surface area contributed by atoms with Crippen LogP contribution in [0.2, 0.25) is 0 Å². The summed E-state index contributed by atoms with van der Waals surface area (Å²) in [5.41, 5.74) is 1.07. The fourth-order valence-corrected chi connectivity index (χ4v) is 2.45. The predicted octanol–water partition coefficient (Wildman–Crippen LogP) is 2.90. The standard InChI is InChI=1S/C18H17FN2O5/c1-18(2)25-9-12-13(8-20-14(15(12)26-18)17(23)24-3)21-16(22)10-4-6-11(19)7-5-10/h4-8H,9H2,1-3H3,(H,21,22). The molecule has 0 radical (unpaired) electrons. The largest absolute Gasteiger partial charge is 0.464 e. The van der Waals surface area contributed by atoms with Crippen LogP contribution in [0.5, 0.6) is 5.75 Å². The van der Waals surface area contributed by atoms with Crippen LogP contribution in [-0.4, -0.2) is 29.8 Å². The minimum Gasteiger partial charge on any atom is -0.464 e. The van der Waals surface area contributed by atoms with E-state index in [0.717, 1.165) is 0 Å². The van der Waals surface area contributed by atoms with Gasteiger partial charge in [0.25, 0.3) is 5.91 Å². The number of anilines is 1. The van der Waals surface area contributed by atoms with Gasteiger partial charge in [0.05, 0.1) is 25.6 Å². The fraction of sp³-hybridized carbons (Fsp3) is 0.278. The highest BCUT2D eigenvalue weighted by molar-refractivity contribution is 6.05. The van der Waals surface area contributed by atoms with E-state index < -0.39 is 23.5 Å². The second-order valence-electron chi connectivity index (χ2n) is 6.07. The van der Waals surface area contributed by atoms with Crippen molar-refractivity contribution in [1.29, 1.82) is 0 Å². The lowest BCUT2D eigenvalue weighted by Crippen LogP contribution is -2.37. The molecule has 1 aromatic heterocycles. The van der Waals surface area contributed by atoms with Gasteiger partial charge >= 0.3 is 5.97 Å². The van der Waals surface area contributed by atoms with Crippen LogP contribution in [0.15, 0.2) is 30.5 Å². The van der Waals surface area contributed by atoms with Crippen LogP contribution >= 0.6 is 0 Å². The van der Waals surface area contributed by atoms with Crippen molar-refractivity contribution >= 4 is 17.6 Å². The van der Waals surface area contributed by atoms with E-state index in [4.69, 9.17) is 14.2 Å². The molecule has 0 bridgehead atoms. The molecular weight excluding hydrogens is 343 g/mol. The van der Waals surface area contributed by atoms with Crippen LogP contribution in [0.4, 0.5) is 10.1 Å². The summed E-state index contributed by atoms with van der Waals surface area (Å²) in [6.45, 7) is 3.50. The molecule has 2 aromatic rings. The van der Waals surface area contributed by atoms with Gasteiger partial charge in [0.1, 0.15) is 5.82 Å².